The average molecular weight is 307 g/mol. The third-order valence-corrected chi connectivity index (χ3v) is 4.35. The lowest BCUT2D eigenvalue weighted by atomic mass is 9.86. The van der Waals surface area contributed by atoms with E-state index in [1.165, 1.54) is 16.8 Å². The Bertz CT molecular complexity index is 820. The molecule has 0 saturated heterocycles. The molecule has 3 nitrogen and oxygen atoms in total. The molecule has 1 aromatic carbocycles. The summed E-state index contributed by atoms with van der Waals surface area (Å²) in [5, 5.41) is 0. The highest BCUT2D eigenvalue weighted by molar-refractivity contribution is 5.68. The van der Waals surface area contributed by atoms with Gasteiger partial charge in [-0.05, 0) is 36.1 Å². The fourth-order valence-corrected chi connectivity index (χ4v) is 2.99. The van der Waals surface area contributed by atoms with Crippen molar-refractivity contribution < 1.29 is 0 Å². The lowest BCUT2D eigenvalue weighted by Gasteiger charge is -2.19. The number of aromatic nitrogens is 2. The molecule has 3 rings (SSSR count). The molecule has 0 aliphatic heterocycles. The van der Waals surface area contributed by atoms with E-state index in [0.29, 0.717) is 6.54 Å². The van der Waals surface area contributed by atoms with Gasteiger partial charge in [0.05, 0.1) is 11.4 Å². The Morgan fingerprint density at radius 3 is 2.39 bits per heavy atom. The van der Waals surface area contributed by atoms with Crippen LogP contribution in [0.1, 0.15) is 37.6 Å². The van der Waals surface area contributed by atoms with Gasteiger partial charge in [-0.15, -0.1) is 0 Å². The van der Waals surface area contributed by atoms with Gasteiger partial charge >= 0.3 is 0 Å². The summed E-state index contributed by atoms with van der Waals surface area (Å²) in [4.78, 5) is 4.90. The number of nitrogens with two attached hydrogens (primary N) is 1. The van der Waals surface area contributed by atoms with Crippen LogP contribution in [0.5, 0.6) is 0 Å². The molecule has 0 atom stereocenters. The molecule has 2 N–H and O–H groups in total. The zero-order valence-electron chi connectivity index (χ0n) is 14.4. The molecular formula is C20H25N3. The molecule has 120 valence electrons. The van der Waals surface area contributed by atoms with E-state index >= 15 is 0 Å². The van der Waals surface area contributed by atoms with Crippen LogP contribution in [0.4, 0.5) is 0 Å². The number of pyridine rings is 1. The van der Waals surface area contributed by atoms with Crippen LogP contribution in [0.2, 0.25) is 0 Å². The van der Waals surface area contributed by atoms with Crippen molar-refractivity contribution in [1.29, 1.82) is 0 Å². The molecule has 0 aliphatic carbocycles. The standard InChI is InChI=1S/C20H25N3/c1-14-6-5-13-23-17(11-12-21)18(22-19(14)23)15-7-9-16(10-8-15)20(2,3)4/h5-10,13H,11-12,21H2,1-4H3. The molecule has 0 radical (unpaired) electrons. The van der Waals surface area contributed by atoms with Gasteiger partial charge < -0.3 is 10.1 Å². The Balaban J connectivity index is 2.15. The minimum absolute atomic E-state index is 0.161. The second-order valence-electron chi connectivity index (χ2n) is 7.16. The van der Waals surface area contributed by atoms with Crippen LogP contribution in [-0.2, 0) is 11.8 Å². The lowest BCUT2D eigenvalue weighted by molar-refractivity contribution is 0.590. The molecule has 3 aromatic rings. The van der Waals surface area contributed by atoms with Gasteiger partial charge in [-0.3, -0.25) is 0 Å². The van der Waals surface area contributed by atoms with Crippen molar-refractivity contribution in [3.8, 4) is 11.3 Å². The van der Waals surface area contributed by atoms with Crippen molar-refractivity contribution in [3.63, 3.8) is 0 Å². The summed E-state index contributed by atoms with van der Waals surface area (Å²) in [7, 11) is 0. The Labute approximate surface area is 138 Å². The zero-order chi connectivity index (χ0) is 16.6. The number of rotatable bonds is 3. The SMILES string of the molecule is Cc1cccn2c(CCN)c(-c3ccc(C(C)(C)C)cc3)nc12. The van der Waals surface area contributed by atoms with Crippen molar-refractivity contribution in [1.82, 2.24) is 9.38 Å². The molecule has 0 unspecified atom stereocenters. The number of nitrogens with zero attached hydrogens (tertiary/aromatic N) is 2. The quantitative estimate of drug-likeness (QED) is 0.791. The zero-order valence-corrected chi connectivity index (χ0v) is 14.4. The Kier molecular flexibility index (Phi) is 3.99. The van der Waals surface area contributed by atoms with Gasteiger partial charge in [0.2, 0.25) is 0 Å². The summed E-state index contributed by atoms with van der Waals surface area (Å²) in [5.41, 5.74) is 12.9. The van der Waals surface area contributed by atoms with E-state index in [9.17, 15) is 0 Å². The molecule has 0 bridgehead atoms. The van der Waals surface area contributed by atoms with Crippen LogP contribution in [-0.4, -0.2) is 15.9 Å². The first-order valence-electron chi connectivity index (χ1n) is 8.19. The number of benzene rings is 1. The number of hydrogen-bond acceptors (Lipinski definition) is 2. The molecule has 0 saturated carbocycles. The molecule has 3 heteroatoms. The van der Waals surface area contributed by atoms with Gasteiger partial charge in [0.25, 0.3) is 0 Å². The van der Waals surface area contributed by atoms with E-state index < -0.39 is 0 Å². The van der Waals surface area contributed by atoms with Gasteiger partial charge in [-0.25, -0.2) is 4.98 Å². The number of imidazole rings is 1. The Morgan fingerprint density at radius 2 is 1.78 bits per heavy atom. The average Bonchev–Trinajstić information content (AvgIpc) is 2.87. The normalized spacial score (nSPS) is 12.0. The van der Waals surface area contributed by atoms with Crippen LogP contribution in [0.3, 0.4) is 0 Å². The second kappa shape index (κ2) is 5.82. The Morgan fingerprint density at radius 1 is 1.09 bits per heavy atom. The fourth-order valence-electron chi connectivity index (χ4n) is 2.99. The van der Waals surface area contributed by atoms with Crippen molar-refractivity contribution in [2.75, 3.05) is 6.54 Å². The summed E-state index contributed by atoms with van der Waals surface area (Å²) in [5.74, 6) is 0. The number of hydrogen-bond donors (Lipinski definition) is 1. The van der Waals surface area contributed by atoms with Crippen molar-refractivity contribution >= 4 is 5.65 Å². The molecular weight excluding hydrogens is 282 g/mol. The maximum absolute atomic E-state index is 5.84. The highest BCUT2D eigenvalue weighted by Crippen LogP contribution is 2.29. The summed E-state index contributed by atoms with van der Waals surface area (Å²) in [6.45, 7) is 9.41. The minimum Gasteiger partial charge on any atom is -0.330 e. The number of aryl methyl sites for hydroxylation is 1. The topological polar surface area (TPSA) is 43.3 Å². The molecule has 23 heavy (non-hydrogen) atoms. The van der Waals surface area contributed by atoms with E-state index in [4.69, 9.17) is 10.7 Å². The van der Waals surface area contributed by atoms with Crippen LogP contribution in [0.25, 0.3) is 16.9 Å². The summed E-state index contributed by atoms with van der Waals surface area (Å²) in [6.07, 6.45) is 2.90. The van der Waals surface area contributed by atoms with Crippen LogP contribution < -0.4 is 5.73 Å². The molecule has 2 heterocycles. The van der Waals surface area contributed by atoms with E-state index in [2.05, 4.69) is 74.7 Å². The highest BCUT2D eigenvalue weighted by atomic mass is 15.0. The predicted molar refractivity (Wildman–Crippen MR) is 96.8 cm³/mol. The Hall–Kier alpha value is -2.13. The molecule has 0 spiro atoms. The maximum Gasteiger partial charge on any atom is 0.140 e. The van der Waals surface area contributed by atoms with Crippen LogP contribution in [0, 0.1) is 6.92 Å². The maximum atomic E-state index is 5.84. The lowest BCUT2D eigenvalue weighted by Crippen LogP contribution is -2.10. The molecule has 2 aromatic heterocycles. The van der Waals surface area contributed by atoms with Crippen molar-refractivity contribution in [3.05, 3.63) is 59.4 Å². The first kappa shape index (κ1) is 15.8. The summed E-state index contributed by atoms with van der Waals surface area (Å²) in [6, 6.07) is 12.9. The fraction of sp³-hybridized carbons (Fsp3) is 0.350. The highest BCUT2D eigenvalue weighted by Gasteiger charge is 2.17. The predicted octanol–water partition coefficient (Wildman–Crippen LogP) is 4.11. The summed E-state index contributed by atoms with van der Waals surface area (Å²) < 4.78 is 2.18. The van der Waals surface area contributed by atoms with E-state index in [1.54, 1.807) is 0 Å². The smallest absolute Gasteiger partial charge is 0.140 e. The first-order valence-corrected chi connectivity index (χ1v) is 8.19. The largest absolute Gasteiger partial charge is 0.330 e. The second-order valence-corrected chi connectivity index (χ2v) is 7.16. The molecule has 0 amide bonds. The van der Waals surface area contributed by atoms with Gasteiger partial charge in [0.15, 0.2) is 0 Å². The van der Waals surface area contributed by atoms with E-state index in [0.717, 1.165) is 23.3 Å². The molecule has 0 fully saturated rings. The van der Waals surface area contributed by atoms with Crippen LogP contribution >= 0.6 is 0 Å². The number of fused-ring (bicyclic) bond motifs is 1. The first-order chi connectivity index (χ1) is 10.9. The van der Waals surface area contributed by atoms with Crippen molar-refractivity contribution in [2.45, 2.75) is 39.5 Å². The van der Waals surface area contributed by atoms with E-state index in [-0.39, 0.29) is 5.41 Å². The van der Waals surface area contributed by atoms with Gasteiger partial charge in [-0.2, -0.15) is 0 Å². The minimum atomic E-state index is 0.161. The van der Waals surface area contributed by atoms with Crippen molar-refractivity contribution in [2.24, 2.45) is 5.73 Å². The monoisotopic (exact) mass is 307 g/mol. The van der Waals surface area contributed by atoms with Gasteiger partial charge in [0.1, 0.15) is 5.65 Å². The van der Waals surface area contributed by atoms with Gasteiger partial charge in [-0.1, -0.05) is 51.1 Å². The third kappa shape index (κ3) is 2.89. The summed E-state index contributed by atoms with van der Waals surface area (Å²) >= 11 is 0. The van der Waals surface area contributed by atoms with Gasteiger partial charge in [0, 0.05) is 18.2 Å². The molecule has 0 aliphatic rings. The van der Waals surface area contributed by atoms with E-state index in [1.807, 2.05) is 0 Å². The van der Waals surface area contributed by atoms with Crippen LogP contribution in [0.15, 0.2) is 42.6 Å². The third-order valence-electron chi connectivity index (χ3n) is 4.35.